The molecule has 0 fully saturated rings. The zero-order valence-electron chi connectivity index (χ0n) is 14.1. The van der Waals surface area contributed by atoms with Gasteiger partial charge in [0.25, 0.3) is 15.9 Å². The van der Waals surface area contributed by atoms with Gasteiger partial charge >= 0.3 is 0 Å². The van der Waals surface area contributed by atoms with Crippen LogP contribution in [0.5, 0.6) is 0 Å². The zero-order valence-corrected chi connectivity index (χ0v) is 17.3. The molecule has 0 atom stereocenters. The lowest BCUT2D eigenvalue weighted by molar-refractivity contribution is 0.102. The summed E-state index contributed by atoms with van der Waals surface area (Å²) in [5.74, 6) is -1.45. The van der Waals surface area contributed by atoms with Crippen LogP contribution in [-0.4, -0.2) is 14.3 Å². The molecule has 0 spiro atoms. The smallest absolute Gasteiger partial charge is 0.261 e. The van der Waals surface area contributed by atoms with E-state index in [1.54, 1.807) is 36.4 Å². The fourth-order valence-corrected chi connectivity index (χ4v) is 4.01. The van der Waals surface area contributed by atoms with E-state index in [0.717, 1.165) is 6.07 Å². The van der Waals surface area contributed by atoms with E-state index in [4.69, 9.17) is 11.6 Å². The highest BCUT2D eigenvalue weighted by molar-refractivity contribution is 9.10. The molecule has 0 aliphatic heterocycles. The van der Waals surface area contributed by atoms with Crippen molar-refractivity contribution in [2.75, 3.05) is 10.0 Å². The van der Waals surface area contributed by atoms with Crippen molar-refractivity contribution in [3.63, 3.8) is 0 Å². The quantitative estimate of drug-likeness (QED) is 0.517. The maximum absolute atomic E-state index is 14.4. The molecule has 9 heteroatoms. The van der Waals surface area contributed by atoms with Crippen molar-refractivity contribution in [1.29, 1.82) is 0 Å². The number of nitrogens with one attached hydrogen (secondary N) is 2. The number of benzene rings is 3. The third kappa shape index (κ3) is 4.89. The number of anilines is 2. The number of amides is 1. The standard InChI is InChI=1S/C19H13BrClFN2O3S/c20-13-4-2-6-15(10-13)24-28(26,27)16-7-8-18(17(22)11-16)23-19(25)12-3-1-5-14(21)9-12/h1-11,24H,(H,23,25). The molecular weight excluding hydrogens is 471 g/mol. The van der Waals surface area contributed by atoms with Crippen molar-refractivity contribution >= 4 is 54.8 Å². The molecule has 28 heavy (non-hydrogen) atoms. The van der Waals surface area contributed by atoms with Crippen LogP contribution < -0.4 is 10.0 Å². The summed E-state index contributed by atoms with van der Waals surface area (Å²) in [6.45, 7) is 0. The number of hydrogen-bond donors (Lipinski definition) is 2. The Hall–Kier alpha value is -2.42. The molecule has 0 saturated carbocycles. The molecule has 0 radical (unpaired) electrons. The summed E-state index contributed by atoms with van der Waals surface area (Å²) in [4.78, 5) is 11.9. The van der Waals surface area contributed by atoms with Gasteiger partial charge in [-0.2, -0.15) is 0 Å². The third-order valence-corrected chi connectivity index (χ3v) is 5.77. The summed E-state index contributed by atoms with van der Waals surface area (Å²) in [7, 11) is -4.00. The fourth-order valence-electron chi connectivity index (χ4n) is 2.35. The minimum absolute atomic E-state index is 0.147. The van der Waals surface area contributed by atoms with Gasteiger partial charge in [0.15, 0.2) is 0 Å². The van der Waals surface area contributed by atoms with E-state index < -0.39 is 21.7 Å². The van der Waals surface area contributed by atoms with E-state index >= 15 is 0 Å². The van der Waals surface area contributed by atoms with Crippen LogP contribution in [0.1, 0.15) is 10.4 Å². The maximum atomic E-state index is 14.4. The molecule has 0 aliphatic carbocycles. The van der Waals surface area contributed by atoms with Crippen LogP contribution in [0.25, 0.3) is 0 Å². The topological polar surface area (TPSA) is 75.3 Å². The van der Waals surface area contributed by atoms with E-state index in [-0.39, 0.29) is 16.1 Å². The van der Waals surface area contributed by atoms with Crippen LogP contribution in [-0.2, 0) is 10.0 Å². The largest absolute Gasteiger partial charge is 0.319 e. The molecular formula is C19H13BrClFN2O3S. The maximum Gasteiger partial charge on any atom is 0.261 e. The van der Waals surface area contributed by atoms with Gasteiger partial charge in [-0.15, -0.1) is 0 Å². The summed E-state index contributed by atoms with van der Waals surface area (Å²) in [6.07, 6.45) is 0. The van der Waals surface area contributed by atoms with Crippen molar-refractivity contribution in [3.05, 3.63) is 87.6 Å². The average Bonchev–Trinajstić information content (AvgIpc) is 2.63. The SMILES string of the molecule is O=C(Nc1ccc(S(=O)(=O)Nc2cccc(Br)c2)cc1F)c1cccc(Cl)c1. The Morgan fingerprint density at radius 1 is 1.00 bits per heavy atom. The minimum atomic E-state index is -4.00. The van der Waals surface area contributed by atoms with Crippen molar-refractivity contribution in [2.45, 2.75) is 4.90 Å². The van der Waals surface area contributed by atoms with Crippen LogP contribution in [0, 0.1) is 5.82 Å². The molecule has 2 N–H and O–H groups in total. The summed E-state index contributed by atoms with van der Waals surface area (Å²) in [6, 6.07) is 16.0. The Balaban J connectivity index is 1.80. The Kier molecular flexibility index (Phi) is 6.02. The van der Waals surface area contributed by atoms with Gasteiger partial charge in [-0.3, -0.25) is 9.52 Å². The second-order valence-electron chi connectivity index (χ2n) is 5.72. The lowest BCUT2D eigenvalue weighted by Gasteiger charge is -2.11. The second-order valence-corrected chi connectivity index (χ2v) is 8.76. The average molecular weight is 484 g/mol. The Bertz CT molecular complexity index is 1160. The van der Waals surface area contributed by atoms with Crippen LogP contribution in [0.4, 0.5) is 15.8 Å². The first kappa shape index (κ1) is 20.3. The molecule has 3 aromatic rings. The van der Waals surface area contributed by atoms with Crippen molar-refractivity contribution in [3.8, 4) is 0 Å². The summed E-state index contributed by atoms with van der Waals surface area (Å²) in [5, 5.41) is 2.76. The van der Waals surface area contributed by atoms with Gasteiger partial charge in [0.1, 0.15) is 5.82 Å². The van der Waals surface area contributed by atoms with Crippen LogP contribution in [0.2, 0.25) is 5.02 Å². The van der Waals surface area contributed by atoms with Gasteiger partial charge < -0.3 is 5.32 Å². The molecule has 144 valence electrons. The second kappa shape index (κ2) is 8.30. The molecule has 1 amide bonds. The highest BCUT2D eigenvalue weighted by Crippen LogP contribution is 2.23. The number of halogens is 3. The van der Waals surface area contributed by atoms with E-state index in [0.29, 0.717) is 15.2 Å². The van der Waals surface area contributed by atoms with Crippen LogP contribution in [0.15, 0.2) is 76.1 Å². The van der Waals surface area contributed by atoms with Gasteiger partial charge in [0.05, 0.1) is 10.6 Å². The normalized spacial score (nSPS) is 11.1. The van der Waals surface area contributed by atoms with Gasteiger partial charge in [0.2, 0.25) is 0 Å². The number of carbonyl (C=O) groups is 1. The molecule has 0 saturated heterocycles. The molecule has 0 unspecified atom stereocenters. The number of carbonyl (C=O) groups excluding carboxylic acids is 1. The zero-order chi connectivity index (χ0) is 20.3. The van der Waals surface area contributed by atoms with Gasteiger partial charge in [-0.1, -0.05) is 39.7 Å². The third-order valence-electron chi connectivity index (χ3n) is 3.66. The molecule has 0 aromatic heterocycles. The van der Waals surface area contributed by atoms with Crippen molar-refractivity contribution in [1.82, 2.24) is 0 Å². The molecule has 3 aromatic carbocycles. The van der Waals surface area contributed by atoms with Crippen LogP contribution in [0.3, 0.4) is 0 Å². The number of hydrogen-bond acceptors (Lipinski definition) is 3. The van der Waals surface area contributed by atoms with Gasteiger partial charge in [0, 0.05) is 20.7 Å². The molecule has 3 rings (SSSR count). The van der Waals surface area contributed by atoms with Crippen LogP contribution >= 0.6 is 27.5 Å². The Morgan fingerprint density at radius 2 is 1.75 bits per heavy atom. The lowest BCUT2D eigenvalue weighted by Crippen LogP contribution is -2.15. The fraction of sp³-hybridized carbons (Fsp3) is 0. The first-order valence-electron chi connectivity index (χ1n) is 7.89. The van der Waals surface area contributed by atoms with E-state index in [1.165, 1.54) is 24.3 Å². The number of rotatable bonds is 5. The molecule has 0 bridgehead atoms. The van der Waals surface area contributed by atoms with E-state index in [2.05, 4.69) is 26.0 Å². The van der Waals surface area contributed by atoms with Gasteiger partial charge in [-0.05, 0) is 54.6 Å². The highest BCUT2D eigenvalue weighted by Gasteiger charge is 2.18. The summed E-state index contributed by atoms with van der Waals surface area (Å²) in [5.41, 5.74) is 0.430. The summed E-state index contributed by atoms with van der Waals surface area (Å²) < 4.78 is 42.4. The molecule has 0 heterocycles. The Labute approximate surface area is 174 Å². The Morgan fingerprint density at radius 3 is 2.43 bits per heavy atom. The number of sulfonamides is 1. The molecule has 0 aliphatic rings. The minimum Gasteiger partial charge on any atom is -0.319 e. The van der Waals surface area contributed by atoms with E-state index in [9.17, 15) is 17.6 Å². The summed E-state index contributed by atoms with van der Waals surface area (Å²) >= 11 is 9.09. The predicted molar refractivity (Wildman–Crippen MR) is 111 cm³/mol. The van der Waals surface area contributed by atoms with Crippen molar-refractivity contribution < 1.29 is 17.6 Å². The highest BCUT2D eigenvalue weighted by atomic mass is 79.9. The van der Waals surface area contributed by atoms with Gasteiger partial charge in [-0.25, -0.2) is 12.8 Å². The van der Waals surface area contributed by atoms with Crippen molar-refractivity contribution in [2.24, 2.45) is 0 Å². The molecule has 5 nitrogen and oxygen atoms in total. The first-order valence-corrected chi connectivity index (χ1v) is 10.5. The predicted octanol–water partition coefficient (Wildman–Crippen LogP) is 5.29. The first-order chi connectivity index (χ1) is 13.2. The monoisotopic (exact) mass is 482 g/mol. The lowest BCUT2D eigenvalue weighted by atomic mass is 10.2. The van der Waals surface area contributed by atoms with E-state index in [1.807, 2.05) is 0 Å².